The Kier molecular flexibility index (Phi) is 3.93. The summed E-state index contributed by atoms with van der Waals surface area (Å²) in [5.74, 6) is -3.83. The molecule has 0 fully saturated rings. The van der Waals surface area contributed by atoms with Gasteiger partial charge in [-0.05, 0) is 30.7 Å². The largest absolute Gasteiger partial charge is 0.478 e. The van der Waals surface area contributed by atoms with E-state index in [1.54, 1.807) is 0 Å². The van der Waals surface area contributed by atoms with Crippen molar-refractivity contribution in [3.8, 4) is 0 Å². The van der Waals surface area contributed by atoms with Gasteiger partial charge >= 0.3 is 5.97 Å². The summed E-state index contributed by atoms with van der Waals surface area (Å²) in [5, 5.41) is 11.1. The number of pyridine rings is 1. The fourth-order valence-electron chi connectivity index (χ4n) is 1.65. The zero-order chi connectivity index (χ0) is 15.6. The monoisotopic (exact) mass is 292 g/mol. The Morgan fingerprint density at radius 3 is 2.57 bits per heavy atom. The number of amides is 1. The minimum absolute atomic E-state index is 0.0405. The number of halogens is 2. The van der Waals surface area contributed by atoms with E-state index in [-0.39, 0.29) is 22.5 Å². The molecule has 0 saturated carbocycles. The van der Waals surface area contributed by atoms with Crippen LogP contribution in [0.4, 0.5) is 14.6 Å². The third-order valence-corrected chi connectivity index (χ3v) is 2.74. The van der Waals surface area contributed by atoms with Crippen molar-refractivity contribution in [1.29, 1.82) is 0 Å². The third-order valence-electron chi connectivity index (χ3n) is 2.74. The molecule has 1 aromatic heterocycles. The molecule has 1 aromatic carbocycles. The van der Waals surface area contributed by atoms with E-state index in [2.05, 4.69) is 10.3 Å². The predicted octanol–water partition coefficient (Wildman–Crippen LogP) is 2.62. The number of nitrogens with one attached hydrogen (secondary N) is 1. The summed E-state index contributed by atoms with van der Waals surface area (Å²) < 4.78 is 26.7. The van der Waals surface area contributed by atoms with Crippen LogP contribution in [0.3, 0.4) is 0 Å². The normalized spacial score (nSPS) is 10.2. The van der Waals surface area contributed by atoms with E-state index in [0.717, 1.165) is 12.1 Å². The minimum Gasteiger partial charge on any atom is -0.478 e. The topological polar surface area (TPSA) is 79.3 Å². The molecule has 0 aliphatic carbocycles. The number of nitrogens with zero attached hydrogens (tertiary/aromatic N) is 1. The highest BCUT2D eigenvalue weighted by molar-refractivity contribution is 6.04. The molecule has 0 aliphatic heterocycles. The van der Waals surface area contributed by atoms with Crippen molar-refractivity contribution in [2.45, 2.75) is 6.92 Å². The maximum Gasteiger partial charge on any atom is 0.335 e. The van der Waals surface area contributed by atoms with Crippen molar-refractivity contribution < 1.29 is 23.5 Å². The highest BCUT2D eigenvalue weighted by Crippen LogP contribution is 2.16. The second-order valence-corrected chi connectivity index (χ2v) is 4.27. The van der Waals surface area contributed by atoms with Crippen molar-refractivity contribution in [2.24, 2.45) is 0 Å². The molecule has 0 spiro atoms. The van der Waals surface area contributed by atoms with E-state index < -0.39 is 23.5 Å². The number of hydrogen-bond acceptors (Lipinski definition) is 3. The van der Waals surface area contributed by atoms with Gasteiger partial charge < -0.3 is 10.4 Å². The smallest absolute Gasteiger partial charge is 0.335 e. The van der Waals surface area contributed by atoms with Crippen molar-refractivity contribution in [3.05, 3.63) is 58.8 Å². The number of hydrogen-bond donors (Lipinski definition) is 2. The predicted molar refractivity (Wildman–Crippen MR) is 70.2 cm³/mol. The fourth-order valence-corrected chi connectivity index (χ4v) is 1.65. The lowest BCUT2D eigenvalue weighted by molar-refractivity contribution is 0.0696. The maximum atomic E-state index is 13.6. The van der Waals surface area contributed by atoms with Gasteiger partial charge in [-0.25, -0.2) is 18.6 Å². The number of carboxylic acids is 1. The van der Waals surface area contributed by atoms with Crippen LogP contribution >= 0.6 is 0 Å². The summed E-state index contributed by atoms with van der Waals surface area (Å²) in [7, 11) is 0. The van der Waals surface area contributed by atoms with Crippen LogP contribution in [-0.2, 0) is 0 Å². The van der Waals surface area contributed by atoms with Gasteiger partial charge in [-0.2, -0.15) is 0 Å². The van der Waals surface area contributed by atoms with E-state index >= 15 is 0 Å². The van der Waals surface area contributed by atoms with Crippen molar-refractivity contribution in [1.82, 2.24) is 4.98 Å². The molecule has 5 nitrogen and oxygen atoms in total. The molecule has 2 N–H and O–H groups in total. The molecule has 21 heavy (non-hydrogen) atoms. The van der Waals surface area contributed by atoms with E-state index in [1.807, 2.05) is 0 Å². The molecule has 0 aliphatic rings. The van der Waals surface area contributed by atoms with Crippen LogP contribution in [0.1, 0.15) is 26.3 Å². The first-order chi connectivity index (χ1) is 9.88. The number of aryl methyl sites for hydroxylation is 1. The molecule has 2 rings (SSSR count). The van der Waals surface area contributed by atoms with Crippen LogP contribution in [-0.4, -0.2) is 22.0 Å². The summed E-state index contributed by atoms with van der Waals surface area (Å²) in [4.78, 5) is 26.5. The molecule has 1 amide bonds. The van der Waals surface area contributed by atoms with Crippen LogP contribution in [0.2, 0.25) is 0 Å². The highest BCUT2D eigenvalue weighted by atomic mass is 19.1. The standard InChI is InChI=1S/C14H10F2N2O3/c1-7-4-9(11(16)6-10(7)15)13(19)18-12-5-8(14(20)21)2-3-17-12/h2-6H,1H3,(H,20,21)(H,17,18,19). The van der Waals surface area contributed by atoms with E-state index in [4.69, 9.17) is 5.11 Å². The third kappa shape index (κ3) is 3.19. The van der Waals surface area contributed by atoms with Gasteiger partial charge in [0.05, 0.1) is 11.1 Å². The lowest BCUT2D eigenvalue weighted by Crippen LogP contribution is -2.15. The quantitative estimate of drug-likeness (QED) is 0.911. The first-order valence-electron chi connectivity index (χ1n) is 5.85. The van der Waals surface area contributed by atoms with Gasteiger partial charge in [-0.3, -0.25) is 4.79 Å². The summed E-state index contributed by atoms with van der Waals surface area (Å²) in [6.07, 6.45) is 1.20. The lowest BCUT2D eigenvalue weighted by Gasteiger charge is -2.07. The van der Waals surface area contributed by atoms with Gasteiger partial charge in [0.25, 0.3) is 5.91 Å². The summed E-state index contributed by atoms with van der Waals surface area (Å²) >= 11 is 0. The van der Waals surface area contributed by atoms with E-state index in [9.17, 15) is 18.4 Å². The van der Waals surface area contributed by atoms with Crippen LogP contribution in [0.5, 0.6) is 0 Å². The van der Waals surface area contributed by atoms with Gasteiger partial charge in [0.1, 0.15) is 17.5 Å². The van der Waals surface area contributed by atoms with Crippen LogP contribution in [0.25, 0.3) is 0 Å². The Hall–Kier alpha value is -2.83. The molecular weight excluding hydrogens is 282 g/mol. The zero-order valence-electron chi connectivity index (χ0n) is 10.9. The Balaban J connectivity index is 2.28. The first-order valence-corrected chi connectivity index (χ1v) is 5.85. The minimum atomic E-state index is -1.18. The highest BCUT2D eigenvalue weighted by Gasteiger charge is 2.15. The maximum absolute atomic E-state index is 13.6. The molecule has 7 heteroatoms. The zero-order valence-corrected chi connectivity index (χ0v) is 10.9. The number of carbonyl (C=O) groups excluding carboxylic acids is 1. The SMILES string of the molecule is Cc1cc(C(=O)Nc2cc(C(=O)O)ccn2)c(F)cc1F. The van der Waals surface area contributed by atoms with Crippen molar-refractivity contribution in [3.63, 3.8) is 0 Å². The number of aromatic nitrogens is 1. The molecule has 0 bridgehead atoms. The second kappa shape index (κ2) is 5.66. The van der Waals surface area contributed by atoms with Gasteiger partial charge in [0.15, 0.2) is 0 Å². The number of carbonyl (C=O) groups is 2. The fraction of sp³-hybridized carbons (Fsp3) is 0.0714. The van der Waals surface area contributed by atoms with Crippen molar-refractivity contribution in [2.75, 3.05) is 5.32 Å². The van der Waals surface area contributed by atoms with Gasteiger partial charge in [-0.15, -0.1) is 0 Å². The lowest BCUT2D eigenvalue weighted by atomic mass is 10.1. The second-order valence-electron chi connectivity index (χ2n) is 4.27. The Morgan fingerprint density at radius 2 is 1.90 bits per heavy atom. The molecule has 1 heterocycles. The molecule has 108 valence electrons. The average Bonchev–Trinajstić information content (AvgIpc) is 2.43. The van der Waals surface area contributed by atoms with Gasteiger partial charge in [0.2, 0.25) is 0 Å². The summed E-state index contributed by atoms with van der Waals surface area (Å²) in [6, 6.07) is 4.07. The molecule has 0 atom stereocenters. The molecule has 0 saturated heterocycles. The number of benzene rings is 1. The number of rotatable bonds is 3. The average molecular weight is 292 g/mol. The molecule has 0 radical (unpaired) electrons. The number of carboxylic acid groups (broad SMARTS) is 1. The molecule has 2 aromatic rings. The Labute approximate surface area is 118 Å². The summed E-state index contributed by atoms with van der Waals surface area (Å²) in [6.45, 7) is 1.40. The van der Waals surface area contributed by atoms with E-state index in [1.165, 1.54) is 19.2 Å². The molecule has 0 unspecified atom stereocenters. The van der Waals surface area contributed by atoms with Gasteiger partial charge in [-0.1, -0.05) is 0 Å². The van der Waals surface area contributed by atoms with E-state index in [0.29, 0.717) is 6.07 Å². The van der Waals surface area contributed by atoms with Crippen LogP contribution in [0, 0.1) is 18.6 Å². The van der Waals surface area contributed by atoms with Crippen molar-refractivity contribution >= 4 is 17.7 Å². The Bertz CT molecular complexity index is 732. The summed E-state index contributed by atoms with van der Waals surface area (Å²) in [5.41, 5.74) is -0.304. The molecular formula is C14H10F2N2O3. The van der Waals surface area contributed by atoms with Crippen LogP contribution in [0.15, 0.2) is 30.5 Å². The number of aromatic carboxylic acids is 1. The van der Waals surface area contributed by atoms with Crippen LogP contribution < -0.4 is 5.32 Å². The number of anilines is 1. The Morgan fingerprint density at radius 1 is 1.19 bits per heavy atom. The van der Waals surface area contributed by atoms with Gasteiger partial charge in [0, 0.05) is 12.3 Å². The first kappa shape index (κ1) is 14.6.